The number of hydrazine groups is 2. The molecule has 0 spiro atoms. The largest absolute Gasteiger partial charge is 0.226 e. The Bertz CT molecular complexity index is 50.9. The summed E-state index contributed by atoms with van der Waals surface area (Å²) in [4.78, 5) is 0. The Morgan fingerprint density at radius 2 is 2.14 bits per heavy atom. The van der Waals surface area contributed by atoms with E-state index in [1.54, 1.807) is 0 Å². The van der Waals surface area contributed by atoms with E-state index in [4.69, 9.17) is 0 Å². The molecule has 0 aromatic carbocycles. The molecule has 3 N–H and O–H groups in total. The zero-order valence-electron chi connectivity index (χ0n) is 4.49. The summed E-state index contributed by atoms with van der Waals surface area (Å²) in [5.41, 5.74) is 8.72. The first-order valence-corrected chi connectivity index (χ1v) is 2.69. The average Bonchev–Trinajstić information content (AvgIpc) is 1.55. The first-order valence-electron chi connectivity index (χ1n) is 2.69. The van der Waals surface area contributed by atoms with E-state index in [-0.39, 0.29) is 0 Å². The highest BCUT2D eigenvalue weighted by Gasteiger charge is 2.11. The van der Waals surface area contributed by atoms with Crippen molar-refractivity contribution in [3.05, 3.63) is 0 Å². The topological polar surface area (TPSA) is 36.1 Å². The van der Waals surface area contributed by atoms with E-state index < -0.39 is 0 Å². The van der Waals surface area contributed by atoms with Crippen LogP contribution in [0.3, 0.4) is 0 Å². The predicted octanol–water partition coefficient (Wildman–Crippen LogP) is -0.275. The van der Waals surface area contributed by atoms with Crippen LogP contribution in [0.1, 0.15) is 19.8 Å². The van der Waals surface area contributed by atoms with Crippen molar-refractivity contribution in [3.63, 3.8) is 0 Å². The summed E-state index contributed by atoms with van der Waals surface area (Å²) >= 11 is 0. The normalized spacial score (nSPS) is 21.9. The van der Waals surface area contributed by atoms with Crippen molar-refractivity contribution in [2.24, 2.45) is 0 Å². The maximum absolute atomic E-state index is 2.99. The Morgan fingerprint density at radius 3 is 2.29 bits per heavy atom. The molecule has 0 aromatic heterocycles. The van der Waals surface area contributed by atoms with Crippen LogP contribution in [0.4, 0.5) is 0 Å². The van der Waals surface area contributed by atoms with Crippen LogP contribution in [-0.2, 0) is 0 Å². The number of rotatable bonds is 2. The Balaban J connectivity index is 1.93. The van der Waals surface area contributed by atoms with E-state index in [0.29, 0.717) is 6.17 Å². The van der Waals surface area contributed by atoms with Crippen molar-refractivity contribution in [2.45, 2.75) is 25.9 Å². The minimum absolute atomic E-state index is 0.519. The Hall–Kier alpha value is -0.120. The molecule has 1 rings (SSSR count). The molecule has 0 bridgehead atoms. The van der Waals surface area contributed by atoms with E-state index in [9.17, 15) is 0 Å². The van der Waals surface area contributed by atoms with Gasteiger partial charge in [0.15, 0.2) is 0 Å². The van der Waals surface area contributed by atoms with Gasteiger partial charge >= 0.3 is 0 Å². The standard InChI is InChI=1S/C4H11N3/c1-2-3-4-5-7-6-4/h4-7H,2-3H2,1H3. The summed E-state index contributed by atoms with van der Waals surface area (Å²) in [5.74, 6) is 0. The van der Waals surface area contributed by atoms with Gasteiger partial charge in [0.05, 0.1) is 6.17 Å². The van der Waals surface area contributed by atoms with Gasteiger partial charge in [0.2, 0.25) is 0 Å². The first kappa shape index (κ1) is 5.03. The van der Waals surface area contributed by atoms with E-state index in [0.717, 1.165) is 0 Å². The summed E-state index contributed by atoms with van der Waals surface area (Å²) in [6, 6.07) is 0. The smallest absolute Gasteiger partial charge is 0.0858 e. The van der Waals surface area contributed by atoms with Crippen molar-refractivity contribution in [1.82, 2.24) is 16.4 Å². The van der Waals surface area contributed by atoms with Crippen LogP contribution >= 0.6 is 0 Å². The maximum atomic E-state index is 2.99. The van der Waals surface area contributed by atoms with Crippen molar-refractivity contribution < 1.29 is 0 Å². The Labute approximate surface area is 43.4 Å². The van der Waals surface area contributed by atoms with Gasteiger partial charge < -0.3 is 0 Å². The molecule has 0 amide bonds. The lowest BCUT2D eigenvalue weighted by atomic mass is 10.3. The summed E-state index contributed by atoms with van der Waals surface area (Å²) in [6.07, 6.45) is 2.95. The third-order valence-corrected chi connectivity index (χ3v) is 1.07. The van der Waals surface area contributed by atoms with Gasteiger partial charge in [0.25, 0.3) is 0 Å². The van der Waals surface area contributed by atoms with Gasteiger partial charge in [-0.1, -0.05) is 13.3 Å². The molecule has 1 aliphatic rings. The SMILES string of the molecule is CCCC1NNN1. The molecule has 0 saturated carbocycles. The summed E-state index contributed by atoms with van der Waals surface area (Å²) in [6.45, 7) is 2.17. The van der Waals surface area contributed by atoms with Crippen LogP contribution in [0.25, 0.3) is 0 Å². The van der Waals surface area contributed by atoms with Crippen LogP contribution < -0.4 is 16.4 Å². The average molecular weight is 101 g/mol. The fourth-order valence-electron chi connectivity index (χ4n) is 0.607. The number of nitrogens with one attached hydrogen (secondary N) is 3. The fraction of sp³-hybridized carbons (Fsp3) is 1.00. The van der Waals surface area contributed by atoms with Gasteiger partial charge in [-0.15, -0.1) is 0 Å². The van der Waals surface area contributed by atoms with E-state index in [2.05, 4.69) is 23.3 Å². The molecule has 0 aliphatic carbocycles. The summed E-state index contributed by atoms with van der Waals surface area (Å²) in [7, 11) is 0. The number of hydrogen-bond donors (Lipinski definition) is 3. The minimum Gasteiger partial charge on any atom is -0.226 e. The molecule has 0 atom stereocenters. The fourth-order valence-corrected chi connectivity index (χ4v) is 0.607. The van der Waals surface area contributed by atoms with Crippen LogP contribution in [0, 0.1) is 0 Å². The molecule has 1 fully saturated rings. The van der Waals surface area contributed by atoms with Crippen LogP contribution in [0.2, 0.25) is 0 Å². The summed E-state index contributed by atoms with van der Waals surface area (Å²) in [5, 5.41) is 0. The van der Waals surface area contributed by atoms with Gasteiger partial charge in [-0.05, 0) is 6.42 Å². The molecule has 0 aromatic rings. The van der Waals surface area contributed by atoms with E-state index in [1.165, 1.54) is 12.8 Å². The van der Waals surface area contributed by atoms with E-state index >= 15 is 0 Å². The lowest BCUT2D eigenvalue weighted by Crippen LogP contribution is -2.69. The monoisotopic (exact) mass is 101 g/mol. The van der Waals surface area contributed by atoms with Crippen molar-refractivity contribution in [2.75, 3.05) is 0 Å². The molecule has 1 saturated heterocycles. The molecule has 7 heavy (non-hydrogen) atoms. The van der Waals surface area contributed by atoms with Crippen LogP contribution in [0.5, 0.6) is 0 Å². The number of hydrogen-bond acceptors (Lipinski definition) is 3. The molecule has 3 nitrogen and oxygen atoms in total. The molecule has 3 heteroatoms. The van der Waals surface area contributed by atoms with Gasteiger partial charge in [0.1, 0.15) is 0 Å². The van der Waals surface area contributed by atoms with Gasteiger partial charge in [0, 0.05) is 0 Å². The van der Waals surface area contributed by atoms with Gasteiger partial charge in [-0.25, -0.2) is 10.9 Å². The third kappa shape index (κ3) is 1.12. The zero-order valence-corrected chi connectivity index (χ0v) is 4.49. The van der Waals surface area contributed by atoms with Crippen molar-refractivity contribution in [3.8, 4) is 0 Å². The van der Waals surface area contributed by atoms with Gasteiger partial charge in [-0.2, -0.15) is 5.53 Å². The molecule has 0 unspecified atom stereocenters. The minimum atomic E-state index is 0.519. The molecule has 1 aliphatic heterocycles. The second-order valence-electron chi connectivity index (χ2n) is 1.75. The van der Waals surface area contributed by atoms with Gasteiger partial charge in [-0.3, -0.25) is 0 Å². The Morgan fingerprint density at radius 1 is 1.43 bits per heavy atom. The van der Waals surface area contributed by atoms with Crippen LogP contribution in [0.15, 0.2) is 0 Å². The Kier molecular flexibility index (Phi) is 1.62. The van der Waals surface area contributed by atoms with Crippen molar-refractivity contribution in [1.29, 1.82) is 0 Å². The van der Waals surface area contributed by atoms with Crippen LogP contribution in [-0.4, -0.2) is 6.17 Å². The maximum Gasteiger partial charge on any atom is 0.0858 e. The zero-order chi connectivity index (χ0) is 5.11. The second kappa shape index (κ2) is 2.26. The van der Waals surface area contributed by atoms with Crippen molar-refractivity contribution >= 4 is 0 Å². The summed E-state index contributed by atoms with van der Waals surface area (Å²) < 4.78 is 0. The molecule has 1 heterocycles. The second-order valence-corrected chi connectivity index (χ2v) is 1.75. The molecular weight excluding hydrogens is 90.1 g/mol. The first-order chi connectivity index (χ1) is 3.43. The third-order valence-electron chi connectivity index (χ3n) is 1.07. The lowest BCUT2D eigenvalue weighted by molar-refractivity contribution is 0.175. The highest BCUT2D eigenvalue weighted by Crippen LogP contribution is 1.92. The molecule has 0 radical (unpaired) electrons. The molecular formula is C4H11N3. The predicted molar refractivity (Wildman–Crippen MR) is 28.1 cm³/mol. The van der Waals surface area contributed by atoms with E-state index in [1.807, 2.05) is 0 Å². The lowest BCUT2D eigenvalue weighted by Gasteiger charge is -2.29. The highest BCUT2D eigenvalue weighted by atomic mass is 15.7. The highest BCUT2D eigenvalue weighted by molar-refractivity contribution is 4.62. The quantitative estimate of drug-likeness (QED) is 0.448. The molecule has 42 valence electrons.